The van der Waals surface area contributed by atoms with Crippen molar-refractivity contribution in [2.24, 2.45) is 22.2 Å². The predicted molar refractivity (Wildman–Crippen MR) is 143 cm³/mol. The number of carbonyl (C=O) groups is 1. The van der Waals surface area contributed by atoms with Crippen molar-refractivity contribution in [2.75, 3.05) is 16.3 Å². The molecule has 13 heteroatoms. The number of amides is 1. The molecule has 38 heavy (non-hydrogen) atoms. The van der Waals surface area contributed by atoms with Crippen molar-refractivity contribution < 1.29 is 26.7 Å². The van der Waals surface area contributed by atoms with Gasteiger partial charge in [-0.05, 0) is 67.0 Å². The molecule has 4 atom stereocenters. The van der Waals surface area contributed by atoms with E-state index in [-0.39, 0.29) is 63.8 Å². The van der Waals surface area contributed by atoms with E-state index in [2.05, 4.69) is 14.4 Å². The van der Waals surface area contributed by atoms with Gasteiger partial charge in [-0.2, -0.15) is 8.42 Å². The molecule has 3 N–H and O–H groups in total. The molecule has 2 heterocycles. The fourth-order valence-corrected chi connectivity index (χ4v) is 8.21. The Labute approximate surface area is 225 Å². The Balaban J connectivity index is 1.41. The zero-order chi connectivity index (χ0) is 27.0. The quantitative estimate of drug-likeness (QED) is 0.494. The molecule has 1 unspecified atom stereocenters. The Morgan fingerprint density at radius 3 is 2.58 bits per heavy atom. The van der Waals surface area contributed by atoms with Crippen LogP contribution in [0.5, 0.6) is 0 Å². The van der Waals surface area contributed by atoms with Crippen LogP contribution in [0.4, 0.5) is 11.4 Å². The van der Waals surface area contributed by atoms with Crippen LogP contribution >= 0.6 is 11.6 Å². The van der Waals surface area contributed by atoms with Gasteiger partial charge in [-0.25, -0.2) is 8.42 Å². The van der Waals surface area contributed by atoms with Crippen LogP contribution in [0, 0.1) is 17.8 Å². The van der Waals surface area contributed by atoms with Gasteiger partial charge in [0.2, 0.25) is 10.0 Å². The highest BCUT2D eigenvalue weighted by molar-refractivity contribution is 7.92. The molecule has 2 aliphatic carbocycles. The lowest BCUT2D eigenvalue weighted by atomic mass is 9.77. The van der Waals surface area contributed by atoms with Gasteiger partial charge in [0.15, 0.2) is 5.84 Å². The third kappa shape index (κ3) is 4.24. The molecular weight excluding hydrogens is 552 g/mol. The van der Waals surface area contributed by atoms with Gasteiger partial charge < -0.3 is 15.3 Å². The molecule has 2 aliphatic heterocycles. The number of carbonyl (C=O) groups excluding carboxylic acids is 1. The number of aliphatic hydroxyl groups excluding tert-OH is 1. The molecule has 2 aromatic rings. The van der Waals surface area contributed by atoms with E-state index in [1.165, 1.54) is 12.1 Å². The smallest absolute Gasteiger partial charge is 0.286 e. The Kier molecular flexibility index (Phi) is 5.78. The van der Waals surface area contributed by atoms with Crippen molar-refractivity contribution in [3.05, 3.63) is 64.4 Å². The number of aliphatic hydroxyl groups is 1. The predicted octanol–water partition coefficient (Wildman–Crippen LogP) is 3.49. The number of fused-ring (bicyclic) bond motifs is 6. The Morgan fingerprint density at radius 2 is 1.87 bits per heavy atom. The highest BCUT2D eigenvalue weighted by Crippen LogP contribution is 2.55. The van der Waals surface area contributed by atoms with E-state index in [0.717, 1.165) is 37.1 Å². The molecule has 2 saturated carbocycles. The molecule has 2 aromatic carbocycles. The van der Waals surface area contributed by atoms with Gasteiger partial charge in [-0.1, -0.05) is 23.7 Å². The van der Waals surface area contributed by atoms with Crippen molar-refractivity contribution in [2.45, 2.75) is 36.7 Å². The number of anilines is 2. The van der Waals surface area contributed by atoms with Crippen LogP contribution in [-0.4, -0.2) is 50.9 Å². The van der Waals surface area contributed by atoms with E-state index in [1.807, 2.05) is 12.1 Å². The van der Waals surface area contributed by atoms with E-state index >= 15 is 0 Å². The van der Waals surface area contributed by atoms with Crippen LogP contribution in [0.3, 0.4) is 0 Å². The van der Waals surface area contributed by atoms with Crippen LogP contribution in [0.1, 0.15) is 24.8 Å². The van der Waals surface area contributed by atoms with E-state index in [1.54, 1.807) is 17.0 Å². The maximum atomic E-state index is 13.9. The first-order valence-electron chi connectivity index (χ1n) is 12.1. The zero-order valence-electron chi connectivity index (χ0n) is 20.3. The van der Waals surface area contributed by atoms with Crippen molar-refractivity contribution in [3.63, 3.8) is 0 Å². The van der Waals surface area contributed by atoms with Gasteiger partial charge >= 0.3 is 0 Å². The summed E-state index contributed by atoms with van der Waals surface area (Å²) in [6.07, 6.45) is 3.76. The first kappa shape index (κ1) is 25.2. The lowest BCUT2D eigenvalue weighted by molar-refractivity contribution is -0.134. The highest BCUT2D eigenvalue weighted by Gasteiger charge is 2.57. The summed E-state index contributed by atoms with van der Waals surface area (Å²) in [6.45, 7) is 0.286. The van der Waals surface area contributed by atoms with Crippen molar-refractivity contribution in [1.82, 2.24) is 4.90 Å². The summed E-state index contributed by atoms with van der Waals surface area (Å²) in [7, 11) is -7.95. The van der Waals surface area contributed by atoms with Gasteiger partial charge in [0, 0.05) is 29.2 Å². The van der Waals surface area contributed by atoms with Crippen molar-refractivity contribution >= 4 is 54.8 Å². The summed E-state index contributed by atoms with van der Waals surface area (Å²) < 4.78 is 55.6. The van der Waals surface area contributed by atoms with Crippen LogP contribution in [0.2, 0.25) is 5.02 Å². The maximum Gasteiger partial charge on any atom is 0.286 e. The summed E-state index contributed by atoms with van der Waals surface area (Å²) in [5.41, 5.74) is 0.902. The molecule has 0 spiro atoms. The number of amidine groups is 1. The summed E-state index contributed by atoms with van der Waals surface area (Å²) in [6, 6.07) is 11.0. The lowest BCUT2D eigenvalue weighted by Crippen LogP contribution is -2.53. The number of sulfonamides is 2. The second kappa shape index (κ2) is 8.72. The van der Waals surface area contributed by atoms with Gasteiger partial charge in [-0.15, -0.1) is 4.40 Å². The van der Waals surface area contributed by atoms with Crippen molar-refractivity contribution in [3.8, 4) is 0 Å². The molecule has 1 amide bonds. The molecule has 0 aromatic heterocycles. The Hall–Kier alpha value is -3.09. The highest BCUT2D eigenvalue weighted by atomic mass is 35.5. The van der Waals surface area contributed by atoms with Gasteiger partial charge in [0.05, 0.1) is 11.9 Å². The SMILES string of the molecule is CS(=O)(=O)Nc1ccc2c(c1)S(=O)(=O)N=C(C1=C(O)[C@@H]3C4CC[C@@H](C4)[C@@H]3N(Cc3ccc(Cl)cc3)C1=O)N2. The number of nitrogens with zero attached hydrogens (tertiary/aromatic N) is 2. The number of hydrogen-bond acceptors (Lipinski definition) is 7. The second-order valence-electron chi connectivity index (χ2n) is 10.3. The average Bonchev–Trinajstić information content (AvgIpc) is 3.45. The molecular formula is C25H25ClN4O6S2. The Morgan fingerprint density at radius 1 is 1.16 bits per heavy atom. The number of nitrogens with one attached hydrogen (secondary N) is 2. The standard InChI is InChI=1S/C25H25ClN4O6S2/c1-37(33,34)28-17-8-9-18-19(11-17)38(35,36)29-24(27-18)21-23(31)20-14-4-5-15(10-14)22(20)30(25(21)32)12-13-2-6-16(26)7-3-13/h2-3,6-9,11,14-15,20,22,28,31H,4-5,10,12H2,1H3,(H,27,29)/t14?,15-,20+,22-/m0/s1. The zero-order valence-corrected chi connectivity index (χ0v) is 22.6. The van der Waals surface area contributed by atoms with E-state index < -0.39 is 26.0 Å². The topological polar surface area (TPSA) is 145 Å². The van der Waals surface area contributed by atoms with Crippen LogP contribution < -0.4 is 10.0 Å². The number of hydrogen-bond donors (Lipinski definition) is 3. The second-order valence-corrected chi connectivity index (χ2v) is 14.1. The monoisotopic (exact) mass is 576 g/mol. The van der Waals surface area contributed by atoms with Gasteiger partial charge in [0.1, 0.15) is 16.2 Å². The minimum absolute atomic E-state index is 0.0602. The van der Waals surface area contributed by atoms with Crippen molar-refractivity contribution in [1.29, 1.82) is 0 Å². The minimum Gasteiger partial charge on any atom is -0.511 e. The van der Waals surface area contributed by atoms with Gasteiger partial charge in [0.25, 0.3) is 15.9 Å². The minimum atomic E-state index is -4.32. The summed E-state index contributed by atoms with van der Waals surface area (Å²) in [5.74, 6) is -0.712. The fraction of sp³-hybridized carbons (Fsp3) is 0.360. The molecule has 4 aliphatic rings. The van der Waals surface area contributed by atoms with E-state index in [4.69, 9.17) is 11.6 Å². The van der Waals surface area contributed by atoms with Crippen LogP contribution in [-0.2, 0) is 31.4 Å². The van der Waals surface area contributed by atoms with E-state index in [0.29, 0.717) is 5.02 Å². The van der Waals surface area contributed by atoms with Gasteiger partial charge in [-0.3, -0.25) is 9.52 Å². The number of benzene rings is 2. The molecule has 10 nitrogen and oxygen atoms in total. The normalized spacial score (nSPS) is 27.5. The summed E-state index contributed by atoms with van der Waals surface area (Å²) >= 11 is 6.04. The molecule has 0 radical (unpaired) electrons. The third-order valence-electron chi connectivity index (χ3n) is 7.81. The summed E-state index contributed by atoms with van der Waals surface area (Å²) in [4.78, 5) is 15.4. The largest absolute Gasteiger partial charge is 0.511 e. The van der Waals surface area contributed by atoms with Crippen LogP contribution in [0.25, 0.3) is 0 Å². The molecule has 2 fully saturated rings. The maximum absolute atomic E-state index is 13.9. The lowest BCUT2D eigenvalue weighted by Gasteiger charge is -2.44. The number of halogens is 1. The molecule has 0 saturated heterocycles. The molecule has 6 rings (SSSR count). The molecule has 200 valence electrons. The summed E-state index contributed by atoms with van der Waals surface area (Å²) in [5, 5.41) is 14.9. The average molecular weight is 577 g/mol. The fourth-order valence-electron chi connectivity index (χ4n) is 6.38. The Bertz CT molecular complexity index is 1640. The first-order valence-corrected chi connectivity index (χ1v) is 15.8. The third-order valence-corrected chi connectivity index (χ3v) is 9.98. The number of rotatable bonds is 5. The van der Waals surface area contributed by atoms with Crippen LogP contribution in [0.15, 0.2) is 63.1 Å². The first-order chi connectivity index (χ1) is 17.9. The molecule has 2 bridgehead atoms. The van der Waals surface area contributed by atoms with E-state index in [9.17, 15) is 26.7 Å².